The molecule has 0 aliphatic heterocycles. The average Bonchev–Trinajstić information content (AvgIpc) is 2.85. The molecular formula is C26H22N8O. The lowest BCUT2D eigenvalue weighted by molar-refractivity contribution is 0.102. The lowest BCUT2D eigenvalue weighted by Gasteiger charge is -2.11. The molecule has 1 amide bonds. The molecular weight excluding hydrogens is 440 g/mol. The highest BCUT2D eigenvalue weighted by atomic mass is 16.1. The van der Waals surface area contributed by atoms with Crippen LogP contribution in [-0.2, 0) is 0 Å². The topological polar surface area (TPSA) is 144 Å². The number of nitrogens with zero attached hydrogens (tertiary/aromatic N) is 3. The van der Waals surface area contributed by atoms with Crippen LogP contribution in [0.3, 0.4) is 0 Å². The molecule has 0 bridgehead atoms. The number of pyridine rings is 1. The van der Waals surface area contributed by atoms with Crippen LogP contribution in [0.1, 0.15) is 10.4 Å². The number of benzene rings is 3. The van der Waals surface area contributed by atoms with E-state index in [0.29, 0.717) is 22.8 Å². The molecule has 0 spiro atoms. The molecule has 5 aromatic rings. The number of carbonyl (C=O) groups excluding carboxylic acids is 1. The number of aromatic nitrogens is 3. The van der Waals surface area contributed by atoms with Crippen LogP contribution < -0.4 is 27.4 Å². The van der Waals surface area contributed by atoms with Crippen LogP contribution in [0, 0.1) is 0 Å². The number of carbonyl (C=O) groups is 1. The summed E-state index contributed by atoms with van der Waals surface area (Å²) >= 11 is 0. The number of amides is 1. The van der Waals surface area contributed by atoms with Gasteiger partial charge in [0.15, 0.2) is 0 Å². The molecule has 9 heteroatoms. The van der Waals surface area contributed by atoms with Crippen LogP contribution in [0.4, 0.5) is 40.3 Å². The Balaban J connectivity index is 1.26. The van der Waals surface area contributed by atoms with Crippen molar-refractivity contribution in [3.05, 3.63) is 96.7 Å². The van der Waals surface area contributed by atoms with Crippen molar-refractivity contribution in [2.45, 2.75) is 0 Å². The second-order valence-corrected chi connectivity index (χ2v) is 7.77. The minimum absolute atomic E-state index is 0.0662. The second kappa shape index (κ2) is 9.36. The number of hydrogen-bond acceptors (Lipinski definition) is 8. The van der Waals surface area contributed by atoms with Crippen LogP contribution in [0.25, 0.3) is 10.9 Å². The summed E-state index contributed by atoms with van der Waals surface area (Å²) in [5.41, 5.74) is 16.0. The Morgan fingerprint density at radius 1 is 0.743 bits per heavy atom. The maximum Gasteiger partial charge on any atom is 0.255 e. The smallest absolute Gasteiger partial charge is 0.255 e. The van der Waals surface area contributed by atoms with Crippen molar-refractivity contribution in [3.63, 3.8) is 0 Å². The Bertz CT molecular complexity index is 1490. The summed E-state index contributed by atoms with van der Waals surface area (Å²) < 4.78 is 0. The lowest BCUT2D eigenvalue weighted by atomic mass is 10.1. The molecule has 2 heterocycles. The van der Waals surface area contributed by atoms with E-state index in [0.717, 1.165) is 22.3 Å². The summed E-state index contributed by atoms with van der Waals surface area (Å²) in [6.07, 6.45) is 1.77. The Morgan fingerprint density at radius 2 is 1.54 bits per heavy atom. The molecule has 172 valence electrons. The zero-order valence-electron chi connectivity index (χ0n) is 18.6. The predicted octanol–water partition coefficient (Wildman–Crippen LogP) is 4.93. The number of para-hydroxylation sites is 1. The third-order valence-electron chi connectivity index (χ3n) is 5.23. The molecule has 0 aliphatic rings. The number of nitrogen functional groups attached to an aromatic ring is 2. The first-order valence-electron chi connectivity index (χ1n) is 10.8. The number of rotatable bonds is 6. The van der Waals surface area contributed by atoms with Crippen molar-refractivity contribution in [3.8, 4) is 0 Å². The molecule has 5 rings (SSSR count). The van der Waals surface area contributed by atoms with Crippen molar-refractivity contribution >= 4 is 57.1 Å². The largest absolute Gasteiger partial charge is 0.383 e. The first-order valence-corrected chi connectivity index (χ1v) is 10.8. The van der Waals surface area contributed by atoms with Gasteiger partial charge in [-0.1, -0.05) is 24.3 Å². The van der Waals surface area contributed by atoms with Crippen molar-refractivity contribution < 1.29 is 4.79 Å². The average molecular weight is 463 g/mol. The minimum atomic E-state index is -0.240. The molecule has 0 aliphatic carbocycles. The molecule has 0 atom stereocenters. The van der Waals surface area contributed by atoms with E-state index in [1.165, 1.54) is 0 Å². The van der Waals surface area contributed by atoms with E-state index in [4.69, 9.17) is 11.5 Å². The highest BCUT2D eigenvalue weighted by Crippen LogP contribution is 2.26. The van der Waals surface area contributed by atoms with Crippen LogP contribution in [-0.4, -0.2) is 20.9 Å². The fraction of sp³-hybridized carbons (Fsp3) is 0. The van der Waals surface area contributed by atoms with E-state index in [2.05, 4.69) is 30.9 Å². The maximum atomic E-state index is 12.8. The molecule has 9 nitrogen and oxygen atoms in total. The minimum Gasteiger partial charge on any atom is -0.383 e. The van der Waals surface area contributed by atoms with Gasteiger partial charge in [0.25, 0.3) is 5.91 Å². The first-order chi connectivity index (χ1) is 17.0. The maximum absolute atomic E-state index is 12.8. The van der Waals surface area contributed by atoms with Gasteiger partial charge in [0.05, 0.1) is 5.52 Å². The van der Waals surface area contributed by atoms with Crippen LogP contribution >= 0.6 is 0 Å². The highest BCUT2D eigenvalue weighted by molar-refractivity contribution is 6.05. The monoisotopic (exact) mass is 462 g/mol. The number of fused-ring (bicyclic) bond motifs is 1. The summed E-state index contributed by atoms with van der Waals surface area (Å²) in [6, 6.07) is 26.0. The van der Waals surface area contributed by atoms with E-state index < -0.39 is 0 Å². The van der Waals surface area contributed by atoms with Crippen LogP contribution in [0.2, 0.25) is 0 Å². The number of nitrogens with two attached hydrogens (primary N) is 2. The van der Waals surface area contributed by atoms with Gasteiger partial charge in [-0.15, -0.1) is 0 Å². The van der Waals surface area contributed by atoms with Crippen molar-refractivity contribution in [1.82, 2.24) is 15.0 Å². The first kappa shape index (κ1) is 21.7. The van der Waals surface area contributed by atoms with E-state index in [1.54, 1.807) is 30.5 Å². The molecule has 35 heavy (non-hydrogen) atoms. The molecule has 0 saturated heterocycles. The van der Waals surface area contributed by atoms with Gasteiger partial charge in [0.2, 0.25) is 5.95 Å². The summed E-state index contributed by atoms with van der Waals surface area (Å²) in [5.74, 6) is 0.522. The summed E-state index contributed by atoms with van der Waals surface area (Å²) in [5, 5.41) is 10.4. The molecule has 0 unspecified atom stereocenters. The van der Waals surface area contributed by atoms with E-state index >= 15 is 0 Å². The fourth-order valence-electron chi connectivity index (χ4n) is 3.64. The van der Waals surface area contributed by atoms with Gasteiger partial charge in [0, 0.05) is 46.0 Å². The Labute approximate surface area is 201 Å². The third kappa shape index (κ3) is 5.09. The van der Waals surface area contributed by atoms with E-state index in [-0.39, 0.29) is 17.7 Å². The van der Waals surface area contributed by atoms with E-state index in [9.17, 15) is 4.79 Å². The SMILES string of the molecule is Nc1cc(Nc2cccc(C(=O)Nc3ccc(Nc4ccnc5ccccc45)cc3)c2)nc(N)n1. The van der Waals surface area contributed by atoms with Crippen LogP contribution in [0.5, 0.6) is 0 Å². The second-order valence-electron chi connectivity index (χ2n) is 7.77. The molecule has 0 saturated carbocycles. The number of nitrogens with one attached hydrogen (secondary N) is 3. The predicted molar refractivity (Wildman–Crippen MR) is 140 cm³/mol. The number of anilines is 7. The normalized spacial score (nSPS) is 10.6. The van der Waals surface area contributed by atoms with Crippen molar-refractivity contribution in [2.24, 2.45) is 0 Å². The van der Waals surface area contributed by atoms with Gasteiger partial charge in [-0.25, -0.2) is 0 Å². The summed E-state index contributed by atoms with van der Waals surface area (Å²) in [7, 11) is 0. The lowest BCUT2D eigenvalue weighted by Crippen LogP contribution is -2.12. The van der Waals surface area contributed by atoms with Crippen molar-refractivity contribution in [1.29, 1.82) is 0 Å². The zero-order chi connectivity index (χ0) is 24.2. The summed E-state index contributed by atoms with van der Waals surface area (Å²) in [6.45, 7) is 0. The number of hydrogen-bond donors (Lipinski definition) is 5. The van der Waals surface area contributed by atoms with Gasteiger partial charge in [-0.3, -0.25) is 9.78 Å². The molecule has 0 radical (unpaired) electrons. The van der Waals surface area contributed by atoms with Gasteiger partial charge in [-0.05, 0) is 54.6 Å². The molecule has 0 fully saturated rings. The Kier molecular flexibility index (Phi) is 5.79. The standard InChI is InChI=1S/C26H22N8O/c27-23-15-24(34-26(28)33-23)31-19-5-3-4-16(14-19)25(35)32-18-10-8-17(9-11-18)30-22-12-13-29-21-7-2-1-6-20(21)22/h1-15H,(H,29,30)(H,32,35)(H5,27,28,31,33,34). The molecule has 2 aromatic heterocycles. The van der Waals surface area contributed by atoms with Gasteiger partial charge >= 0.3 is 0 Å². The third-order valence-corrected chi connectivity index (χ3v) is 5.23. The zero-order valence-corrected chi connectivity index (χ0v) is 18.6. The van der Waals surface area contributed by atoms with E-state index in [1.807, 2.05) is 60.7 Å². The summed E-state index contributed by atoms with van der Waals surface area (Å²) in [4.78, 5) is 25.1. The fourth-order valence-corrected chi connectivity index (χ4v) is 3.64. The quantitative estimate of drug-likeness (QED) is 0.239. The van der Waals surface area contributed by atoms with Gasteiger partial charge in [0.1, 0.15) is 11.6 Å². The van der Waals surface area contributed by atoms with Crippen molar-refractivity contribution in [2.75, 3.05) is 27.4 Å². The molecule has 7 N–H and O–H groups in total. The Hall–Kier alpha value is -5.18. The Morgan fingerprint density at radius 3 is 2.37 bits per heavy atom. The van der Waals surface area contributed by atoms with Crippen LogP contribution in [0.15, 0.2) is 91.1 Å². The van der Waals surface area contributed by atoms with Gasteiger partial charge < -0.3 is 27.4 Å². The van der Waals surface area contributed by atoms with Gasteiger partial charge in [-0.2, -0.15) is 9.97 Å². The molecule has 3 aromatic carbocycles. The highest BCUT2D eigenvalue weighted by Gasteiger charge is 2.09.